The first-order chi connectivity index (χ1) is 20.5. The minimum atomic E-state index is -1.72. The van der Waals surface area contributed by atoms with Crippen LogP contribution in [0.1, 0.15) is 107 Å². The Kier molecular flexibility index (Phi) is 10.8. The Morgan fingerprint density at radius 3 is 2.45 bits per heavy atom. The summed E-state index contributed by atoms with van der Waals surface area (Å²) in [6.07, 6.45) is 6.65. The van der Waals surface area contributed by atoms with Gasteiger partial charge in [0, 0.05) is 30.8 Å². The van der Waals surface area contributed by atoms with Crippen molar-refractivity contribution in [2.24, 2.45) is 58.7 Å². The van der Waals surface area contributed by atoms with Gasteiger partial charge in [-0.2, -0.15) is 0 Å². The molecule has 0 amide bonds. The summed E-state index contributed by atoms with van der Waals surface area (Å²) in [5.74, 6) is -3.65. The number of hydrogen-bond acceptors (Lipinski definition) is 8. The third-order valence-electron chi connectivity index (χ3n) is 12.5. The molecule has 1 heterocycles. The summed E-state index contributed by atoms with van der Waals surface area (Å²) in [6.45, 7) is 15.8. The third kappa shape index (κ3) is 6.58. The van der Waals surface area contributed by atoms with Crippen molar-refractivity contribution in [1.82, 2.24) is 0 Å². The molecule has 2 saturated carbocycles. The summed E-state index contributed by atoms with van der Waals surface area (Å²) in [7, 11) is 0. The van der Waals surface area contributed by atoms with Gasteiger partial charge in [-0.25, -0.2) is 0 Å². The molecule has 14 atom stereocenters. The Balaban J connectivity index is 1.44. The lowest BCUT2D eigenvalue weighted by molar-refractivity contribution is -0.318. The molecule has 0 aromatic carbocycles. The largest absolute Gasteiger partial charge is 0.465 e. The van der Waals surface area contributed by atoms with E-state index in [-0.39, 0.29) is 71.8 Å². The first-order valence-electron chi connectivity index (χ1n) is 17.3. The molecule has 0 radical (unpaired) electrons. The van der Waals surface area contributed by atoms with Gasteiger partial charge in [0.25, 0.3) is 0 Å². The number of carbonyl (C=O) groups is 2. The van der Waals surface area contributed by atoms with Crippen molar-refractivity contribution in [2.75, 3.05) is 13.2 Å². The lowest BCUT2D eigenvalue weighted by Gasteiger charge is -2.48. The van der Waals surface area contributed by atoms with Crippen LogP contribution < -0.4 is 0 Å². The quantitative estimate of drug-likeness (QED) is 0.197. The first kappa shape index (κ1) is 35.5. The molecule has 252 valence electrons. The topological polar surface area (TPSA) is 134 Å². The number of aliphatic hydroxyl groups excluding tert-OH is 2. The summed E-state index contributed by atoms with van der Waals surface area (Å²) in [6, 6.07) is 0. The molecule has 0 aromatic heterocycles. The minimum Gasteiger partial charge on any atom is -0.465 e. The van der Waals surface area contributed by atoms with Crippen LogP contribution >= 0.6 is 0 Å². The summed E-state index contributed by atoms with van der Waals surface area (Å²) >= 11 is 0. The number of fused-ring (bicyclic) bond motifs is 2. The number of rotatable bonds is 10. The van der Waals surface area contributed by atoms with Gasteiger partial charge in [-0.05, 0) is 93.8 Å². The highest BCUT2D eigenvalue weighted by Crippen LogP contribution is 2.59. The molecule has 0 bridgehead atoms. The van der Waals surface area contributed by atoms with Crippen molar-refractivity contribution in [3.8, 4) is 0 Å². The number of ether oxygens (including phenoxy) is 2. The number of ketones is 1. The monoisotopic (exact) mass is 620 g/mol. The second kappa shape index (κ2) is 13.4. The molecule has 8 nitrogen and oxygen atoms in total. The predicted molar refractivity (Wildman–Crippen MR) is 168 cm³/mol. The molecule has 1 saturated heterocycles. The summed E-state index contributed by atoms with van der Waals surface area (Å²) in [5.41, 5.74) is 0.114. The maximum absolute atomic E-state index is 13.4. The molecule has 3 fully saturated rings. The maximum atomic E-state index is 13.4. The molecule has 4 rings (SSSR count). The van der Waals surface area contributed by atoms with E-state index in [0.29, 0.717) is 25.7 Å². The maximum Gasteiger partial charge on any atom is 0.314 e. The molecule has 3 aliphatic carbocycles. The van der Waals surface area contributed by atoms with Gasteiger partial charge in [0.1, 0.15) is 11.7 Å². The lowest BCUT2D eigenvalue weighted by Crippen LogP contribution is -2.57. The number of esters is 1. The second-order valence-corrected chi connectivity index (χ2v) is 15.8. The van der Waals surface area contributed by atoms with Crippen LogP contribution in [0.15, 0.2) is 11.6 Å². The highest BCUT2D eigenvalue weighted by molar-refractivity contribution is 5.81. The van der Waals surface area contributed by atoms with Crippen molar-refractivity contribution in [2.45, 2.75) is 130 Å². The molecule has 1 aliphatic heterocycles. The fourth-order valence-corrected chi connectivity index (χ4v) is 9.71. The van der Waals surface area contributed by atoms with E-state index in [9.17, 15) is 30.0 Å². The number of hydrogen-bond donors (Lipinski definition) is 4. The van der Waals surface area contributed by atoms with Crippen molar-refractivity contribution in [3.05, 3.63) is 11.6 Å². The van der Waals surface area contributed by atoms with Crippen LogP contribution in [0.5, 0.6) is 0 Å². The van der Waals surface area contributed by atoms with E-state index in [1.54, 1.807) is 6.92 Å². The Labute approximate surface area is 265 Å². The van der Waals surface area contributed by atoms with Crippen molar-refractivity contribution in [3.63, 3.8) is 0 Å². The Morgan fingerprint density at radius 2 is 1.82 bits per heavy atom. The summed E-state index contributed by atoms with van der Waals surface area (Å²) in [4.78, 5) is 26.1. The molecule has 0 unspecified atom stereocenters. The van der Waals surface area contributed by atoms with Gasteiger partial charge in [0.15, 0.2) is 5.79 Å². The van der Waals surface area contributed by atoms with E-state index in [0.717, 1.165) is 25.7 Å². The number of Topliss-reactive ketones (excluding diaryl/α,β-unsaturated/α-hetero) is 1. The van der Waals surface area contributed by atoms with Crippen LogP contribution in [0.2, 0.25) is 0 Å². The SMILES string of the molecule is CCCC(=O)[C@@H](C)[C@H]1O[C@@](O)([C@H](C)C(=O)OC[C@@H](C)[C@H]2CC[C@@]3(C)C[C@H]4[C@@H](CO)C[C@@H](O)[C@H]4[C@@](C)(O)CC=C23)[C@H](C)C[C@H]1C. The van der Waals surface area contributed by atoms with Crippen molar-refractivity contribution >= 4 is 11.8 Å². The normalized spacial score (nSPS) is 44.4. The highest BCUT2D eigenvalue weighted by atomic mass is 16.6. The molecule has 0 spiro atoms. The summed E-state index contributed by atoms with van der Waals surface area (Å²) < 4.78 is 12.2. The van der Waals surface area contributed by atoms with Gasteiger partial charge in [0.2, 0.25) is 0 Å². The van der Waals surface area contributed by atoms with Crippen LogP contribution in [0, 0.1) is 58.7 Å². The molecular weight excluding hydrogens is 560 g/mol. The van der Waals surface area contributed by atoms with E-state index in [1.165, 1.54) is 5.57 Å². The van der Waals surface area contributed by atoms with E-state index >= 15 is 0 Å². The average Bonchev–Trinajstić information content (AvgIpc) is 3.46. The van der Waals surface area contributed by atoms with Gasteiger partial charge in [-0.3, -0.25) is 9.59 Å². The van der Waals surface area contributed by atoms with Crippen LogP contribution in [-0.4, -0.2) is 69.0 Å². The standard InChI is InChI=1S/C36H60O8/c1-9-10-29(38)23(5)32-20(2)15-22(4)36(42,44-32)24(6)33(40)43-19-21(3)26-11-13-34(7)17-27-25(18-37)16-30(39)31(27)35(8,41)14-12-28(26)34/h12,20-27,30-32,37,39,41-42H,9-11,13-19H2,1-8H3/t20-,21-,22-,23-,24-,25-,26-,27+,30-,31+,32+,34+,35+,36-/m1/s1. The Hall–Kier alpha value is -1.32. The number of allylic oxidation sites excluding steroid dienone is 1. The van der Waals surface area contributed by atoms with E-state index in [1.807, 2.05) is 34.6 Å². The van der Waals surface area contributed by atoms with Crippen LogP contribution in [0.25, 0.3) is 0 Å². The van der Waals surface area contributed by atoms with Crippen LogP contribution in [0.3, 0.4) is 0 Å². The zero-order valence-corrected chi connectivity index (χ0v) is 28.4. The zero-order chi connectivity index (χ0) is 32.8. The minimum absolute atomic E-state index is 0.0136. The van der Waals surface area contributed by atoms with Crippen LogP contribution in [-0.2, 0) is 19.1 Å². The average molecular weight is 621 g/mol. The fourth-order valence-electron chi connectivity index (χ4n) is 9.71. The van der Waals surface area contributed by atoms with Crippen LogP contribution in [0.4, 0.5) is 0 Å². The van der Waals surface area contributed by atoms with Gasteiger partial charge in [0.05, 0.1) is 24.4 Å². The first-order valence-corrected chi connectivity index (χ1v) is 17.3. The van der Waals surface area contributed by atoms with Gasteiger partial charge < -0.3 is 29.9 Å². The van der Waals surface area contributed by atoms with Crippen molar-refractivity contribution in [1.29, 1.82) is 0 Å². The lowest BCUT2D eigenvalue weighted by atomic mass is 9.64. The molecule has 0 aromatic rings. The smallest absolute Gasteiger partial charge is 0.314 e. The van der Waals surface area contributed by atoms with Crippen molar-refractivity contribution < 1.29 is 39.5 Å². The predicted octanol–water partition coefficient (Wildman–Crippen LogP) is 5.05. The molecule has 44 heavy (non-hydrogen) atoms. The molecule has 4 N–H and O–H groups in total. The van der Waals surface area contributed by atoms with Gasteiger partial charge in [-0.1, -0.05) is 53.2 Å². The second-order valence-electron chi connectivity index (χ2n) is 15.8. The third-order valence-corrected chi connectivity index (χ3v) is 12.5. The molecular formula is C36H60O8. The Bertz CT molecular complexity index is 1070. The highest BCUT2D eigenvalue weighted by Gasteiger charge is 2.56. The molecule has 4 aliphatic rings. The Morgan fingerprint density at radius 1 is 1.14 bits per heavy atom. The van der Waals surface area contributed by atoms with E-state index in [4.69, 9.17) is 9.47 Å². The van der Waals surface area contributed by atoms with E-state index in [2.05, 4.69) is 19.9 Å². The summed E-state index contributed by atoms with van der Waals surface area (Å²) in [5, 5.41) is 44.2. The zero-order valence-electron chi connectivity index (χ0n) is 28.4. The van der Waals surface area contributed by atoms with Gasteiger partial charge >= 0.3 is 5.97 Å². The van der Waals surface area contributed by atoms with E-state index < -0.39 is 35.5 Å². The fraction of sp³-hybridized carbons (Fsp3) is 0.889. The number of aliphatic hydroxyl groups is 4. The molecule has 8 heteroatoms. The van der Waals surface area contributed by atoms with Gasteiger partial charge in [-0.15, -0.1) is 0 Å². The number of carbonyl (C=O) groups excluding carboxylic acids is 2.